The zero-order valence-electron chi connectivity index (χ0n) is 18.5. The summed E-state index contributed by atoms with van der Waals surface area (Å²) in [5.41, 5.74) is 1.69. The number of carbonyl (C=O) groups excluding carboxylic acids is 3. The highest BCUT2D eigenvalue weighted by Crippen LogP contribution is 2.24. The van der Waals surface area contributed by atoms with Gasteiger partial charge in [-0.3, -0.25) is 19.3 Å². The molecule has 3 rings (SSSR count). The Morgan fingerprint density at radius 2 is 1.62 bits per heavy atom. The second-order valence-corrected chi connectivity index (χ2v) is 7.77. The Labute approximate surface area is 194 Å². The normalized spacial score (nSPS) is 14.4. The van der Waals surface area contributed by atoms with Crippen LogP contribution < -0.4 is 15.4 Å². The summed E-state index contributed by atoms with van der Waals surface area (Å²) in [7, 11) is 0. The zero-order valence-corrected chi connectivity index (χ0v) is 18.5. The van der Waals surface area contributed by atoms with Gasteiger partial charge in [-0.15, -0.1) is 13.2 Å². The first-order chi connectivity index (χ1) is 16.1. The first-order valence-electron chi connectivity index (χ1n) is 10.6. The number of benzene rings is 2. The number of rotatable bonds is 7. The van der Waals surface area contributed by atoms with Gasteiger partial charge >= 0.3 is 6.36 Å². The van der Waals surface area contributed by atoms with Gasteiger partial charge in [0.05, 0.1) is 13.1 Å². The Balaban J connectivity index is 1.39. The van der Waals surface area contributed by atoms with E-state index in [1.165, 1.54) is 12.1 Å². The van der Waals surface area contributed by atoms with Crippen molar-refractivity contribution in [2.24, 2.45) is 0 Å². The molecule has 0 saturated carbocycles. The molecular formula is C23H25F3N4O4. The van der Waals surface area contributed by atoms with Gasteiger partial charge in [-0.05, 0) is 42.8 Å². The molecule has 1 saturated heterocycles. The summed E-state index contributed by atoms with van der Waals surface area (Å²) in [5, 5.41) is 5.27. The van der Waals surface area contributed by atoms with E-state index in [1.54, 1.807) is 17.0 Å². The van der Waals surface area contributed by atoms with Crippen molar-refractivity contribution in [1.29, 1.82) is 0 Å². The summed E-state index contributed by atoms with van der Waals surface area (Å²) in [4.78, 5) is 40.5. The molecule has 2 aromatic rings. The quantitative estimate of drug-likeness (QED) is 0.638. The summed E-state index contributed by atoms with van der Waals surface area (Å²) >= 11 is 0. The van der Waals surface area contributed by atoms with E-state index in [4.69, 9.17) is 0 Å². The molecule has 182 valence electrons. The minimum Gasteiger partial charge on any atom is -0.406 e. The van der Waals surface area contributed by atoms with Crippen LogP contribution in [0.25, 0.3) is 0 Å². The van der Waals surface area contributed by atoms with Crippen LogP contribution in [0.2, 0.25) is 0 Å². The lowest BCUT2D eigenvalue weighted by atomic mass is 10.1. The number of halogens is 3. The van der Waals surface area contributed by atoms with E-state index in [9.17, 15) is 27.6 Å². The number of ether oxygens (including phenoxy) is 1. The lowest BCUT2D eigenvalue weighted by molar-refractivity contribution is -0.274. The maximum atomic E-state index is 12.4. The van der Waals surface area contributed by atoms with Crippen LogP contribution in [0.1, 0.15) is 15.9 Å². The van der Waals surface area contributed by atoms with Crippen LogP contribution in [0.15, 0.2) is 48.5 Å². The summed E-state index contributed by atoms with van der Waals surface area (Å²) in [6, 6.07) is 12.0. The number of amides is 3. The van der Waals surface area contributed by atoms with Crippen molar-refractivity contribution < 1.29 is 32.3 Å². The van der Waals surface area contributed by atoms with Crippen LogP contribution in [0.3, 0.4) is 0 Å². The van der Waals surface area contributed by atoms with Gasteiger partial charge in [0.2, 0.25) is 11.8 Å². The number of nitrogens with zero attached hydrogens (tertiary/aromatic N) is 2. The van der Waals surface area contributed by atoms with Crippen LogP contribution in [0.5, 0.6) is 5.75 Å². The second-order valence-electron chi connectivity index (χ2n) is 7.77. The fourth-order valence-electron chi connectivity index (χ4n) is 3.49. The SMILES string of the molecule is Cc1ccccc1C(=O)NCC(=O)N1CCN(CC(=O)Nc2ccc(OC(F)(F)F)cc2)CC1. The van der Waals surface area contributed by atoms with Gasteiger partial charge < -0.3 is 20.3 Å². The molecule has 0 radical (unpaired) electrons. The molecule has 0 unspecified atom stereocenters. The molecule has 0 atom stereocenters. The molecule has 11 heteroatoms. The number of hydrogen-bond acceptors (Lipinski definition) is 5. The Hall–Kier alpha value is -3.60. The maximum absolute atomic E-state index is 12.4. The Morgan fingerprint density at radius 1 is 0.971 bits per heavy atom. The molecular weight excluding hydrogens is 453 g/mol. The molecule has 1 heterocycles. The van der Waals surface area contributed by atoms with Gasteiger partial charge in [0.25, 0.3) is 5.91 Å². The molecule has 0 spiro atoms. The van der Waals surface area contributed by atoms with Crippen molar-refractivity contribution in [3.05, 3.63) is 59.7 Å². The molecule has 8 nitrogen and oxygen atoms in total. The largest absolute Gasteiger partial charge is 0.573 e. The number of carbonyl (C=O) groups is 3. The number of nitrogens with one attached hydrogen (secondary N) is 2. The fourth-order valence-corrected chi connectivity index (χ4v) is 3.49. The van der Waals surface area contributed by atoms with Gasteiger partial charge in [0.1, 0.15) is 5.75 Å². The van der Waals surface area contributed by atoms with Crippen molar-refractivity contribution >= 4 is 23.4 Å². The predicted octanol–water partition coefficient (Wildman–Crippen LogP) is 2.41. The van der Waals surface area contributed by atoms with Gasteiger partial charge in [-0.25, -0.2) is 0 Å². The van der Waals surface area contributed by atoms with E-state index in [1.807, 2.05) is 24.0 Å². The standard InChI is InChI=1S/C23H25F3N4O4/c1-16-4-2-3-5-19(16)22(33)27-14-21(32)30-12-10-29(11-13-30)15-20(31)28-17-6-8-18(9-7-17)34-23(24,25)26/h2-9H,10-15H2,1H3,(H,27,33)(H,28,31). The average molecular weight is 478 g/mol. The van der Waals surface area contributed by atoms with Crippen molar-refractivity contribution in [3.63, 3.8) is 0 Å². The lowest BCUT2D eigenvalue weighted by Crippen LogP contribution is -2.52. The smallest absolute Gasteiger partial charge is 0.406 e. The van der Waals surface area contributed by atoms with E-state index in [2.05, 4.69) is 15.4 Å². The first-order valence-corrected chi connectivity index (χ1v) is 10.6. The van der Waals surface area contributed by atoms with Crippen molar-refractivity contribution in [2.45, 2.75) is 13.3 Å². The third kappa shape index (κ3) is 7.48. The van der Waals surface area contributed by atoms with Crippen molar-refractivity contribution in [3.8, 4) is 5.75 Å². The third-order valence-electron chi connectivity index (χ3n) is 5.25. The van der Waals surface area contributed by atoms with Gasteiger partial charge in [0.15, 0.2) is 0 Å². The van der Waals surface area contributed by atoms with Crippen molar-refractivity contribution in [2.75, 3.05) is 44.6 Å². The molecule has 2 aromatic carbocycles. The molecule has 0 bridgehead atoms. The average Bonchev–Trinajstić information content (AvgIpc) is 2.78. The van der Waals surface area contributed by atoms with E-state index >= 15 is 0 Å². The molecule has 1 aliphatic rings. The molecule has 2 N–H and O–H groups in total. The Morgan fingerprint density at radius 3 is 2.24 bits per heavy atom. The van der Waals surface area contributed by atoms with Crippen LogP contribution >= 0.6 is 0 Å². The van der Waals surface area contributed by atoms with Crippen LogP contribution in [0.4, 0.5) is 18.9 Å². The number of anilines is 1. The van der Waals surface area contributed by atoms with Crippen molar-refractivity contribution in [1.82, 2.24) is 15.1 Å². The van der Waals surface area contributed by atoms with Crippen LogP contribution in [-0.4, -0.2) is 73.2 Å². The van der Waals surface area contributed by atoms with E-state index in [0.717, 1.165) is 17.7 Å². The van der Waals surface area contributed by atoms with Gasteiger partial charge in [0, 0.05) is 37.4 Å². The summed E-state index contributed by atoms with van der Waals surface area (Å²) < 4.78 is 40.4. The molecule has 1 aliphatic heterocycles. The summed E-state index contributed by atoms with van der Waals surface area (Å²) in [6.45, 7) is 3.57. The fraction of sp³-hybridized carbons (Fsp3) is 0.348. The maximum Gasteiger partial charge on any atom is 0.573 e. The molecule has 0 aromatic heterocycles. The Kier molecular flexibility index (Phi) is 8.11. The molecule has 1 fully saturated rings. The minimum atomic E-state index is -4.78. The minimum absolute atomic E-state index is 0.0762. The van der Waals surface area contributed by atoms with E-state index < -0.39 is 6.36 Å². The van der Waals surface area contributed by atoms with Gasteiger partial charge in [-0.1, -0.05) is 18.2 Å². The highest BCUT2D eigenvalue weighted by Gasteiger charge is 2.31. The predicted molar refractivity (Wildman–Crippen MR) is 118 cm³/mol. The number of alkyl halides is 3. The number of aryl methyl sites for hydroxylation is 1. The second kappa shape index (κ2) is 11.0. The topological polar surface area (TPSA) is 91.0 Å². The van der Waals surface area contributed by atoms with E-state index in [0.29, 0.717) is 37.4 Å². The first kappa shape index (κ1) is 25.0. The zero-order chi connectivity index (χ0) is 24.7. The highest BCUT2D eigenvalue weighted by molar-refractivity contribution is 5.97. The molecule has 3 amide bonds. The summed E-state index contributed by atoms with van der Waals surface area (Å²) in [6.07, 6.45) is -4.78. The molecule has 0 aliphatic carbocycles. The third-order valence-corrected chi connectivity index (χ3v) is 5.25. The highest BCUT2D eigenvalue weighted by atomic mass is 19.4. The molecule has 34 heavy (non-hydrogen) atoms. The Bertz CT molecular complexity index is 1020. The number of piperazine rings is 1. The monoisotopic (exact) mass is 478 g/mol. The number of hydrogen-bond donors (Lipinski definition) is 2. The summed E-state index contributed by atoms with van der Waals surface area (Å²) in [5.74, 6) is -1.21. The van der Waals surface area contributed by atoms with E-state index in [-0.39, 0.29) is 36.6 Å². The van der Waals surface area contributed by atoms with Gasteiger partial charge in [-0.2, -0.15) is 0 Å². The van der Waals surface area contributed by atoms with Crippen LogP contribution in [-0.2, 0) is 9.59 Å². The van der Waals surface area contributed by atoms with Crippen LogP contribution in [0, 0.1) is 6.92 Å². The lowest BCUT2D eigenvalue weighted by Gasteiger charge is -2.34.